The van der Waals surface area contributed by atoms with Crippen LogP contribution in [-0.2, 0) is 20.1 Å². The van der Waals surface area contributed by atoms with Crippen LogP contribution in [0.1, 0.15) is 26.7 Å². The SMILES string of the molecule is [2H]C(C)(C)c1ccc2c(c1)oc1c(-c3nc4ncc5ccccc5c4n3-c3ccccc3)[c-]ccc12.[Ir].[c-]1ccccc1-c1ccccn1. The molecule has 0 saturated heterocycles. The first-order valence-corrected chi connectivity index (χ1v) is 15.5. The minimum absolute atomic E-state index is 0. The molecule has 6 heteroatoms. The Hall–Kier alpha value is -5.42. The Bertz CT molecular complexity index is 2500. The summed E-state index contributed by atoms with van der Waals surface area (Å²) in [5, 5.41) is 4.16. The fraction of sp³-hybridized carbons (Fsp3) is 0.0714. The Morgan fingerprint density at radius 2 is 1.56 bits per heavy atom. The van der Waals surface area contributed by atoms with E-state index in [1.54, 1.807) is 6.20 Å². The van der Waals surface area contributed by atoms with Crippen LogP contribution in [0, 0.1) is 12.1 Å². The van der Waals surface area contributed by atoms with Crippen LogP contribution in [0.25, 0.3) is 72.2 Å². The van der Waals surface area contributed by atoms with Crippen LogP contribution < -0.4 is 0 Å². The third kappa shape index (κ3) is 5.70. The molecule has 0 saturated carbocycles. The molecule has 0 aliphatic rings. The minimum atomic E-state index is -0.712. The number of furan rings is 1. The molecule has 9 aromatic rings. The topological polar surface area (TPSA) is 56.7 Å². The van der Waals surface area contributed by atoms with E-state index in [1.807, 2.05) is 123 Å². The number of para-hydroxylation sites is 1. The second kappa shape index (κ2) is 13.4. The molecule has 0 amide bonds. The molecule has 9 rings (SSSR count). The van der Waals surface area contributed by atoms with E-state index in [2.05, 4.69) is 45.9 Å². The van der Waals surface area contributed by atoms with Gasteiger partial charge >= 0.3 is 0 Å². The normalized spacial score (nSPS) is 11.7. The van der Waals surface area contributed by atoms with E-state index in [4.69, 9.17) is 15.8 Å². The molecule has 0 aliphatic carbocycles. The number of benzene rings is 5. The maximum atomic E-state index is 8.44. The molecule has 0 spiro atoms. The number of hydrogen-bond acceptors (Lipinski definition) is 4. The molecule has 235 valence electrons. The average molecular weight is 800 g/mol. The molecule has 4 heterocycles. The van der Waals surface area contributed by atoms with Gasteiger partial charge < -0.3 is 14.0 Å². The summed E-state index contributed by atoms with van der Waals surface area (Å²) < 4.78 is 17.1. The van der Waals surface area contributed by atoms with Gasteiger partial charge in [-0.25, -0.2) is 4.98 Å². The molecule has 5 nitrogen and oxygen atoms in total. The zero-order valence-corrected chi connectivity index (χ0v) is 28.7. The van der Waals surface area contributed by atoms with Crippen LogP contribution in [0.2, 0.25) is 0 Å². The van der Waals surface area contributed by atoms with E-state index in [0.717, 1.165) is 72.1 Å². The molecular formula is C42H30IrN4O-2. The fourth-order valence-electron chi connectivity index (χ4n) is 5.99. The molecule has 5 aromatic carbocycles. The third-order valence-corrected chi connectivity index (χ3v) is 8.30. The summed E-state index contributed by atoms with van der Waals surface area (Å²) in [6.07, 6.45) is 3.66. The molecular weight excluding hydrogens is 769 g/mol. The first kappa shape index (κ1) is 29.9. The average Bonchev–Trinajstić information content (AvgIpc) is 3.71. The van der Waals surface area contributed by atoms with E-state index >= 15 is 0 Å². The van der Waals surface area contributed by atoms with Crippen molar-refractivity contribution < 1.29 is 25.9 Å². The van der Waals surface area contributed by atoms with E-state index in [9.17, 15) is 0 Å². The van der Waals surface area contributed by atoms with Gasteiger partial charge in [0.15, 0.2) is 5.65 Å². The zero-order chi connectivity index (χ0) is 32.7. The van der Waals surface area contributed by atoms with Gasteiger partial charge in [-0.15, -0.1) is 54.1 Å². The molecule has 0 bridgehead atoms. The van der Waals surface area contributed by atoms with Crippen molar-refractivity contribution in [1.29, 1.82) is 0 Å². The molecule has 1 radical (unpaired) electrons. The number of rotatable bonds is 4. The summed E-state index contributed by atoms with van der Waals surface area (Å²) in [6, 6.07) is 48.7. The molecule has 0 unspecified atom stereocenters. The van der Waals surface area contributed by atoms with Crippen molar-refractivity contribution in [3.63, 3.8) is 0 Å². The van der Waals surface area contributed by atoms with Crippen molar-refractivity contribution in [1.82, 2.24) is 19.5 Å². The van der Waals surface area contributed by atoms with Crippen LogP contribution in [0.3, 0.4) is 0 Å². The molecule has 48 heavy (non-hydrogen) atoms. The van der Waals surface area contributed by atoms with Crippen LogP contribution in [0.4, 0.5) is 0 Å². The van der Waals surface area contributed by atoms with E-state index < -0.39 is 5.89 Å². The summed E-state index contributed by atoms with van der Waals surface area (Å²) in [5.74, 6) is 0.0154. The summed E-state index contributed by atoms with van der Waals surface area (Å²) in [4.78, 5) is 13.9. The summed E-state index contributed by atoms with van der Waals surface area (Å²) in [6.45, 7) is 3.77. The number of aromatic nitrogens is 4. The summed E-state index contributed by atoms with van der Waals surface area (Å²) >= 11 is 0. The van der Waals surface area contributed by atoms with Crippen molar-refractivity contribution >= 4 is 43.9 Å². The van der Waals surface area contributed by atoms with Crippen LogP contribution in [-0.4, -0.2) is 19.5 Å². The van der Waals surface area contributed by atoms with Gasteiger partial charge in [0.05, 0.1) is 16.9 Å². The van der Waals surface area contributed by atoms with Gasteiger partial charge in [0.25, 0.3) is 0 Å². The zero-order valence-electron chi connectivity index (χ0n) is 27.3. The molecule has 0 N–H and O–H groups in total. The van der Waals surface area contributed by atoms with Crippen molar-refractivity contribution in [2.24, 2.45) is 0 Å². The van der Waals surface area contributed by atoms with Gasteiger partial charge in [0.2, 0.25) is 0 Å². The van der Waals surface area contributed by atoms with E-state index in [-0.39, 0.29) is 20.1 Å². The quantitative estimate of drug-likeness (QED) is 0.166. The van der Waals surface area contributed by atoms with Crippen LogP contribution in [0.5, 0.6) is 0 Å². The Balaban J connectivity index is 0.000000246. The standard InChI is InChI=1S/C31H22N3O.C11H8N.Ir/c1-19(2)20-15-16-24-25-13-8-14-26(29(25)35-27(24)17-20)31-33-30-28(34(31)22-10-4-3-5-11-22)23-12-7-6-9-21(23)18-32-30;1-2-6-10(7-3-1)11-8-4-5-9-12-11;/h3-13,15-19H,1-2H3;1-6,8-9H;/q2*-1;/i19D;;. The van der Waals surface area contributed by atoms with Crippen molar-refractivity contribution in [3.05, 3.63) is 157 Å². The first-order chi connectivity index (χ1) is 23.5. The van der Waals surface area contributed by atoms with Gasteiger partial charge in [-0.2, -0.15) is 0 Å². The number of imidazole rings is 1. The van der Waals surface area contributed by atoms with Crippen molar-refractivity contribution in [3.8, 4) is 28.3 Å². The first-order valence-electron chi connectivity index (χ1n) is 16.0. The van der Waals surface area contributed by atoms with Crippen LogP contribution >= 0.6 is 0 Å². The Kier molecular flexibility index (Phi) is 8.34. The number of hydrogen-bond donors (Lipinski definition) is 0. The van der Waals surface area contributed by atoms with Gasteiger partial charge in [0, 0.05) is 55.7 Å². The van der Waals surface area contributed by atoms with Crippen LogP contribution in [0.15, 0.2) is 144 Å². The second-order valence-electron chi connectivity index (χ2n) is 11.5. The number of pyridine rings is 2. The minimum Gasteiger partial charge on any atom is -0.501 e. The monoisotopic (exact) mass is 800 g/mol. The summed E-state index contributed by atoms with van der Waals surface area (Å²) in [5.41, 5.74) is 7.80. The van der Waals surface area contributed by atoms with E-state index in [1.165, 1.54) is 0 Å². The predicted molar refractivity (Wildman–Crippen MR) is 191 cm³/mol. The Morgan fingerprint density at radius 3 is 2.35 bits per heavy atom. The van der Waals surface area contributed by atoms with Crippen molar-refractivity contribution in [2.75, 3.05) is 0 Å². The maximum Gasteiger partial charge on any atom is 0.169 e. The molecule has 0 aliphatic heterocycles. The third-order valence-electron chi connectivity index (χ3n) is 8.30. The molecule has 4 aromatic heterocycles. The van der Waals surface area contributed by atoms with Gasteiger partial charge in [-0.1, -0.05) is 91.5 Å². The summed E-state index contributed by atoms with van der Waals surface area (Å²) in [7, 11) is 0. The van der Waals surface area contributed by atoms with Gasteiger partial charge in [0.1, 0.15) is 5.58 Å². The van der Waals surface area contributed by atoms with Gasteiger partial charge in [-0.05, 0) is 41.4 Å². The fourth-order valence-corrected chi connectivity index (χ4v) is 5.99. The predicted octanol–water partition coefficient (Wildman–Crippen LogP) is 10.6. The number of nitrogens with zero attached hydrogens (tertiary/aromatic N) is 4. The second-order valence-corrected chi connectivity index (χ2v) is 11.5. The molecule has 0 fully saturated rings. The largest absolute Gasteiger partial charge is 0.501 e. The Morgan fingerprint density at radius 1 is 0.750 bits per heavy atom. The Labute approximate surface area is 293 Å². The molecule has 0 atom stereocenters. The van der Waals surface area contributed by atoms with Gasteiger partial charge in [-0.3, -0.25) is 4.98 Å². The van der Waals surface area contributed by atoms with E-state index in [0.29, 0.717) is 5.65 Å². The number of fused-ring (bicyclic) bond motifs is 6. The maximum absolute atomic E-state index is 8.44. The smallest absolute Gasteiger partial charge is 0.169 e. The van der Waals surface area contributed by atoms with Crippen molar-refractivity contribution in [2.45, 2.75) is 19.7 Å².